The fourth-order valence-corrected chi connectivity index (χ4v) is 2.89. The number of aryl methyl sites for hydroxylation is 1. The first-order chi connectivity index (χ1) is 12.2. The van der Waals surface area contributed by atoms with E-state index < -0.39 is 24.9 Å². The Morgan fingerprint density at radius 1 is 1.38 bits per heavy atom. The van der Waals surface area contributed by atoms with Crippen molar-refractivity contribution in [2.75, 3.05) is 18.6 Å². The third-order valence-corrected chi connectivity index (χ3v) is 4.49. The molecule has 1 heterocycles. The maximum Gasteiger partial charge on any atom is 0.420 e. The van der Waals surface area contributed by atoms with Gasteiger partial charge in [-0.15, -0.1) is 0 Å². The molecule has 0 saturated carbocycles. The van der Waals surface area contributed by atoms with Gasteiger partial charge in [-0.3, -0.25) is 4.57 Å². The van der Waals surface area contributed by atoms with Crippen molar-refractivity contribution in [3.63, 3.8) is 0 Å². The van der Waals surface area contributed by atoms with Crippen molar-refractivity contribution < 1.29 is 27.4 Å². The van der Waals surface area contributed by atoms with E-state index in [4.69, 9.17) is 21.2 Å². The zero-order chi connectivity index (χ0) is 19.3. The minimum Gasteiger partial charge on any atom is -0.495 e. The molecule has 0 aliphatic rings. The van der Waals surface area contributed by atoms with Crippen LogP contribution in [0.25, 0.3) is 0 Å². The summed E-state index contributed by atoms with van der Waals surface area (Å²) in [5.41, 5.74) is 0.222. The summed E-state index contributed by atoms with van der Waals surface area (Å²) in [6.07, 6.45) is -2.63. The Bertz CT molecular complexity index is 805. The SMILES string of the molecule is COc1cc(CCC[PH](=O)O)ccc1Nc1ncc(C(F)(F)F)c(Cl)n1. The number of alkyl halides is 3. The maximum atomic E-state index is 12.7. The van der Waals surface area contributed by atoms with Crippen molar-refractivity contribution in [2.45, 2.75) is 19.0 Å². The predicted octanol–water partition coefficient (Wildman–Crippen LogP) is 4.30. The van der Waals surface area contributed by atoms with E-state index in [0.717, 1.165) is 5.56 Å². The molecule has 1 aromatic heterocycles. The summed E-state index contributed by atoms with van der Waals surface area (Å²) in [5, 5.41) is 2.06. The van der Waals surface area contributed by atoms with Gasteiger partial charge in [-0.1, -0.05) is 17.7 Å². The Labute approximate surface area is 153 Å². The topological polar surface area (TPSA) is 84.3 Å². The Kier molecular flexibility index (Phi) is 6.86. The first-order valence-corrected chi connectivity index (χ1v) is 9.40. The van der Waals surface area contributed by atoms with Crippen LogP contribution in [-0.4, -0.2) is 28.1 Å². The van der Waals surface area contributed by atoms with E-state index in [1.807, 2.05) is 0 Å². The van der Waals surface area contributed by atoms with Crippen molar-refractivity contribution in [3.8, 4) is 5.75 Å². The number of halogens is 4. The lowest BCUT2D eigenvalue weighted by atomic mass is 10.1. The van der Waals surface area contributed by atoms with Gasteiger partial charge in [-0.05, 0) is 30.5 Å². The summed E-state index contributed by atoms with van der Waals surface area (Å²) in [7, 11) is -1.05. The molecule has 26 heavy (non-hydrogen) atoms. The van der Waals surface area contributed by atoms with Crippen LogP contribution in [0, 0.1) is 0 Å². The molecule has 0 saturated heterocycles. The number of anilines is 2. The number of ether oxygens (including phenoxy) is 1. The second-order valence-electron chi connectivity index (χ2n) is 5.30. The predicted molar refractivity (Wildman–Crippen MR) is 92.7 cm³/mol. The van der Waals surface area contributed by atoms with Crippen LogP contribution in [0.15, 0.2) is 24.4 Å². The van der Waals surface area contributed by atoms with Crippen LogP contribution < -0.4 is 10.1 Å². The zero-order valence-electron chi connectivity index (χ0n) is 13.6. The van der Waals surface area contributed by atoms with Crippen LogP contribution >= 0.6 is 19.6 Å². The third-order valence-electron chi connectivity index (χ3n) is 3.42. The summed E-state index contributed by atoms with van der Waals surface area (Å²) >= 11 is 5.58. The molecule has 11 heteroatoms. The molecule has 142 valence electrons. The molecule has 0 aliphatic heterocycles. The van der Waals surface area contributed by atoms with E-state index >= 15 is 0 Å². The summed E-state index contributed by atoms with van der Waals surface area (Å²) in [5.74, 6) is 0.326. The van der Waals surface area contributed by atoms with Crippen LogP contribution in [0.5, 0.6) is 5.75 Å². The molecule has 1 atom stereocenters. The van der Waals surface area contributed by atoms with Gasteiger partial charge >= 0.3 is 6.18 Å². The highest BCUT2D eigenvalue weighted by Gasteiger charge is 2.34. The maximum absolute atomic E-state index is 12.7. The molecule has 0 bridgehead atoms. The normalized spacial score (nSPS) is 12.7. The summed E-state index contributed by atoms with van der Waals surface area (Å²) in [4.78, 5) is 16.1. The molecule has 1 unspecified atom stereocenters. The number of benzene rings is 1. The Morgan fingerprint density at radius 2 is 2.12 bits per heavy atom. The fourth-order valence-electron chi connectivity index (χ4n) is 2.17. The van der Waals surface area contributed by atoms with Crippen molar-refractivity contribution in [1.82, 2.24) is 9.97 Å². The van der Waals surface area contributed by atoms with E-state index in [9.17, 15) is 17.7 Å². The highest BCUT2D eigenvalue weighted by Crippen LogP contribution is 2.34. The van der Waals surface area contributed by atoms with Gasteiger partial charge in [0.2, 0.25) is 5.95 Å². The highest BCUT2D eigenvalue weighted by molar-refractivity contribution is 7.37. The first kappa shape index (κ1) is 20.5. The molecule has 0 spiro atoms. The molecule has 0 radical (unpaired) electrons. The van der Waals surface area contributed by atoms with Gasteiger partial charge in [0.25, 0.3) is 0 Å². The van der Waals surface area contributed by atoms with Crippen molar-refractivity contribution >= 4 is 31.3 Å². The van der Waals surface area contributed by atoms with Crippen molar-refractivity contribution in [3.05, 3.63) is 40.7 Å². The Morgan fingerprint density at radius 3 is 2.69 bits per heavy atom. The fraction of sp³-hybridized carbons (Fsp3) is 0.333. The van der Waals surface area contributed by atoms with Gasteiger partial charge in [-0.2, -0.15) is 13.2 Å². The lowest BCUT2D eigenvalue weighted by Gasteiger charge is -2.13. The quantitative estimate of drug-likeness (QED) is 0.524. The number of hydrogen-bond acceptors (Lipinski definition) is 5. The van der Waals surface area contributed by atoms with E-state index in [0.29, 0.717) is 30.5 Å². The van der Waals surface area contributed by atoms with Crippen LogP contribution in [0.1, 0.15) is 17.5 Å². The van der Waals surface area contributed by atoms with Crippen molar-refractivity contribution in [2.24, 2.45) is 0 Å². The minimum atomic E-state index is -4.63. The van der Waals surface area contributed by atoms with E-state index in [1.54, 1.807) is 18.2 Å². The number of nitrogens with one attached hydrogen (secondary N) is 1. The number of methoxy groups -OCH3 is 1. The molecule has 0 fully saturated rings. The van der Waals surface area contributed by atoms with Gasteiger partial charge in [-0.25, -0.2) is 9.97 Å². The van der Waals surface area contributed by atoms with Crippen LogP contribution in [0.3, 0.4) is 0 Å². The number of rotatable bonds is 7. The average Bonchev–Trinajstić information content (AvgIpc) is 2.54. The first-order valence-electron chi connectivity index (χ1n) is 7.46. The number of hydrogen-bond donors (Lipinski definition) is 2. The molecular formula is C15H16ClF3N3O3P. The van der Waals surface area contributed by atoms with Crippen LogP contribution in [0.4, 0.5) is 24.8 Å². The van der Waals surface area contributed by atoms with Gasteiger partial charge in [0.05, 0.1) is 12.8 Å². The van der Waals surface area contributed by atoms with E-state index in [1.165, 1.54) is 7.11 Å². The standard InChI is InChI=1S/C15H16ClF3N3O3P/c1-25-12-7-9(3-2-6-26(23)24)4-5-11(12)21-14-20-8-10(13(16)22-14)15(17,18)19/h4-5,7-8,26H,2-3,6H2,1H3,(H,23,24)(H,20,21,22). The molecule has 0 aliphatic carbocycles. The zero-order valence-corrected chi connectivity index (χ0v) is 15.4. The molecule has 2 rings (SSSR count). The Balaban J connectivity index is 2.16. The molecule has 6 nitrogen and oxygen atoms in total. The lowest BCUT2D eigenvalue weighted by Crippen LogP contribution is -2.09. The van der Waals surface area contributed by atoms with Crippen LogP contribution in [-0.2, 0) is 17.2 Å². The van der Waals surface area contributed by atoms with Gasteiger partial charge < -0.3 is 14.9 Å². The smallest absolute Gasteiger partial charge is 0.420 e. The second kappa shape index (κ2) is 8.70. The minimum absolute atomic E-state index is 0.104. The molecular weight excluding hydrogens is 394 g/mol. The molecule has 2 N–H and O–H groups in total. The summed E-state index contributed by atoms with van der Waals surface area (Å²) < 4.78 is 54.0. The van der Waals surface area contributed by atoms with E-state index in [2.05, 4.69) is 15.3 Å². The molecule has 0 amide bonds. The summed E-state index contributed by atoms with van der Waals surface area (Å²) in [6.45, 7) is 0. The van der Waals surface area contributed by atoms with Gasteiger partial charge in [0.1, 0.15) is 16.5 Å². The van der Waals surface area contributed by atoms with Gasteiger partial charge in [0.15, 0.2) is 8.03 Å². The average molecular weight is 410 g/mol. The van der Waals surface area contributed by atoms with Crippen LogP contribution in [0.2, 0.25) is 5.15 Å². The van der Waals surface area contributed by atoms with Gasteiger partial charge in [0, 0.05) is 12.4 Å². The summed E-state index contributed by atoms with van der Waals surface area (Å²) in [6, 6.07) is 5.15. The van der Waals surface area contributed by atoms with Crippen molar-refractivity contribution in [1.29, 1.82) is 0 Å². The number of aromatic nitrogens is 2. The third kappa shape index (κ3) is 5.59. The number of nitrogens with zero attached hydrogens (tertiary/aromatic N) is 2. The molecule has 2 aromatic rings. The largest absolute Gasteiger partial charge is 0.495 e. The second-order valence-corrected chi connectivity index (χ2v) is 6.95. The Hall–Kier alpha value is -1.83. The monoisotopic (exact) mass is 409 g/mol. The highest BCUT2D eigenvalue weighted by atomic mass is 35.5. The van der Waals surface area contributed by atoms with E-state index in [-0.39, 0.29) is 12.1 Å². The lowest BCUT2D eigenvalue weighted by molar-refractivity contribution is -0.137. The molecule has 1 aromatic carbocycles.